The Morgan fingerprint density at radius 2 is 0.627 bits per heavy atom. The van der Waals surface area contributed by atoms with Crippen LogP contribution in [0.5, 0.6) is 69.0 Å². The Labute approximate surface area is 624 Å². The molecule has 580 valence electrons. The van der Waals surface area contributed by atoms with Crippen LogP contribution in [0, 0.1) is 35.5 Å². The first-order chi connectivity index (χ1) is 52.4. The smallest absolute Gasteiger partial charge is 0.347 e. The van der Waals surface area contributed by atoms with E-state index in [1.54, 1.807) is 0 Å². The lowest BCUT2D eigenvalue weighted by Gasteiger charge is -2.69. The summed E-state index contributed by atoms with van der Waals surface area (Å²) in [6.07, 6.45) is -5.32. The lowest BCUT2D eigenvalue weighted by Crippen LogP contribution is -2.80. The van der Waals surface area contributed by atoms with Crippen LogP contribution in [0.1, 0.15) is 45.2 Å². The van der Waals surface area contributed by atoms with Crippen molar-refractivity contribution < 1.29 is 156 Å². The van der Waals surface area contributed by atoms with Crippen molar-refractivity contribution in [2.24, 2.45) is 35.5 Å². The number of hydrogen-bond acceptors (Lipinski definition) is 32. The highest BCUT2D eigenvalue weighted by Crippen LogP contribution is 2.69. The Kier molecular flexibility index (Phi) is 22.9. The average molecular weight is 1530 g/mol. The van der Waals surface area contributed by atoms with Gasteiger partial charge in [0.25, 0.3) is 0 Å². The molecule has 3 fully saturated rings. The van der Waals surface area contributed by atoms with Crippen molar-refractivity contribution in [3.8, 4) is 69.0 Å². The molecule has 7 aliphatic rings. The molecule has 32 nitrogen and oxygen atoms in total. The van der Waals surface area contributed by atoms with Crippen molar-refractivity contribution in [1.82, 2.24) is 0 Å². The van der Waals surface area contributed by atoms with Crippen LogP contribution in [-0.4, -0.2) is 200 Å². The van der Waals surface area contributed by atoms with Crippen LogP contribution < -0.4 is 0 Å². The minimum Gasteiger partial charge on any atom is -0.504 e. The van der Waals surface area contributed by atoms with Gasteiger partial charge in [-0.15, -0.1) is 0 Å². The van der Waals surface area contributed by atoms with E-state index in [0.717, 1.165) is 128 Å². The molecule has 6 aliphatic carbocycles. The number of ether oxygens (including phenoxy) is 12. The number of esters is 8. The number of fused-ring (bicyclic) bond motifs is 2. The van der Waals surface area contributed by atoms with E-state index in [4.69, 9.17) is 56.8 Å². The zero-order valence-corrected chi connectivity index (χ0v) is 59.3. The number of allylic oxidation sites excluding steroid dienone is 2. The summed E-state index contributed by atoms with van der Waals surface area (Å²) in [6.45, 7) is 0. The largest absolute Gasteiger partial charge is 0.504 e. The van der Waals surface area contributed by atoms with Gasteiger partial charge in [0.2, 0.25) is 36.0 Å². The second-order valence-corrected chi connectivity index (χ2v) is 26.5. The monoisotopic (exact) mass is 1520 g/mol. The molecule has 4 bridgehead atoms. The van der Waals surface area contributed by atoms with Gasteiger partial charge in [0, 0.05) is 75.7 Å². The quantitative estimate of drug-likeness (QED) is 0.0138. The van der Waals surface area contributed by atoms with Gasteiger partial charge in [-0.1, -0.05) is 60.7 Å². The van der Waals surface area contributed by atoms with Crippen molar-refractivity contribution in [2.75, 3.05) is 42.7 Å². The lowest BCUT2D eigenvalue weighted by molar-refractivity contribution is -0.482. The third-order valence-corrected chi connectivity index (χ3v) is 20.3. The van der Waals surface area contributed by atoms with Crippen LogP contribution in [0.2, 0.25) is 0 Å². The summed E-state index contributed by atoms with van der Waals surface area (Å²) < 4.78 is 72.6. The van der Waals surface area contributed by atoms with E-state index < -0.39 is 238 Å². The molecule has 1 saturated heterocycles. The molecule has 32 heteroatoms. The van der Waals surface area contributed by atoms with Crippen LogP contribution in [0.4, 0.5) is 0 Å². The van der Waals surface area contributed by atoms with Gasteiger partial charge in [-0.05, 0) is 117 Å². The highest BCUT2D eigenvalue weighted by Gasteiger charge is 2.78. The van der Waals surface area contributed by atoms with E-state index in [2.05, 4.69) is 0 Å². The van der Waals surface area contributed by atoms with E-state index in [1.807, 2.05) is 0 Å². The van der Waals surface area contributed by atoms with Crippen molar-refractivity contribution in [3.05, 3.63) is 190 Å². The van der Waals surface area contributed by atoms with Gasteiger partial charge >= 0.3 is 47.8 Å². The second kappa shape index (κ2) is 32.1. The fourth-order valence-corrected chi connectivity index (χ4v) is 15.4. The van der Waals surface area contributed by atoms with E-state index in [-0.39, 0.29) is 44.5 Å². The topological polar surface area (TPSA) is 490 Å². The third kappa shape index (κ3) is 15.4. The number of methoxy groups -OCH3 is 6. The highest BCUT2D eigenvalue weighted by atomic mass is 16.8. The SMILES string of the molecule is COC(=O)C(Cc1ccc(O)c(O)c1)OC(=O)/C=C/C1=C[C@H]2[C@H](c3ccc(O)c(O)c3)[C@@H](C(=O)OC(Cc3ccc(O)c(O)c3)C(=O)OC)[C@@H]1[C@@]1(OC)O[C@H]3[C@H]4C=C(/C=C/C(=O)OC(Cc5ccc(O)c(O)c5)C(=O)OC)[C@H]([C@H](C(=O)OC(Cc5ccc(O)c(O)c5)C(=O)OC)[C@H]4c4ccc(O)c(O)c4)[C@@]3(OC)O[C@@H]21. The zero-order valence-electron chi connectivity index (χ0n) is 59.3. The number of phenols is 12. The maximum absolute atomic E-state index is 16.1. The molecule has 1 heterocycles. The molecule has 1 aliphatic heterocycles. The minimum absolute atomic E-state index is 0.0284. The Balaban J connectivity index is 1.11. The summed E-state index contributed by atoms with van der Waals surface area (Å²) in [5.74, 6) is -34.3. The summed E-state index contributed by atoms with van der Waals surface area (Å²) in [7, 11) is 6.35. The summed E-state index contributed by atoms with van der Waals surface area (Å²) in [4.78, 5) is 116. The molecule has 12 N–H and O–H groups in total. The molecular formula is C78H76O32. The highest BCUT2D eigenvalue weighted by molar-refractivity contribution is 5.89. The van der Waals surface area contributed by atoms with Crippen LogP contribution in [0.25, 0.3) is 0 Å². The first-order valence-electron chi connectivity index (χ1n) is 33.9. The predicted molar refractivity (Wildman–Crippen MR) is 371 cm³/mol. The van der Waals surface area contributed by atoms with Gasteiger partial charge in [0.15, 0.2) is 69.0 Å². The van der Waals surface area contributed by atoms with Gasteiger partial charge in [0.1, 0.15) is 12.2 Å². The maximum Gasteiger partial charge on any atom is 0.347 e. The van der Waals surface area contributed by atoms with Crippen LogP contribution in [-0.2, 0) is 121 Å². The molecule has 110 heavy (non-hydrogen) atoms. The maximum atomic E-state index is 16.1. The molecular weight excluding hydrogens is 1450 g/mol. The molecule has 13 rings (SSSR count). The molecule has 6 aromatic carbocycles. The standard InChI is InChI=1S/C78H76O32/c1-99-71(93)57(27-35-7-15-45(79)51(85)23-35)105-61(91)21-13-41-31-43-63(39-11-19-49(83)55(89)33-39)65(75(97)107-59(73(95)101-3)29-37-9-17-47(81)53(87)25-37)67(41)77(103-5)69(43)110-78(104-6)68-42(14-22-62(92)106-58(72(94)100-2)28-36-8-16-46(80)52(86)24-36)32-44(70(78)109-77)64(40-12-20-50(84)56(90)34-40)66(68)76(98)108-60(74(96)102-4)30-38-10-18-48(82)54(88)26-38/h7-26,31-34,43-44,57-60,63-70,79-90H,27-30H2,1-6H3/b21-13+,22-14+/t43-,44-,57?,58?,59?,60?,63-,64-,65+,66+,67+,68+,69-,70-,77+,78+/m0/s1. The van der Waals surface area contributed by atoms with Crippen molar-refractivity contribution in [1.29, 1.82) is 0 Å². The molecule has 0 radical (unpaired) electrons. The summed E-state index contributed by atoms with van der Waals surface area (Å²) in [5, 5.41) is 127. The molecule has 2 saturated carbocycles. The van der Waals surface area contributed by atoms with Crippen molar-refractivity contribution in [3.63, 3.8) is 0 Å². The molecule has 6 aromatic rings. The van der Waals surface area contributed by atoms with Gasteiger partial charge in [0.05, 0.1) is 52.1 Å². The van der Waals surface area contributed by atoms with E-state index in [0.29, 0.717) is 0 Å². The van der Waals surface area contributed by atoms with Gasteiger partial charge in [-0.25, -0.2) is 28.8 Å². The number of carbonyl (C=O) groups is 8. The molecule has 0 aromatic heterocycles. The van der Waals surface area contributed by atoms with E-state index >= 15 is 9.59 Å². The lowest BCUT2D eigenvalue weighted by atomic mass is 9.50. The minimum atomic E-state index is -2.47. The van der Waals surface area contributed by atoms with Crippen molar-refractivity contribution in [2.45, 2.75) is 85.7 Å². The number of aromatic hydroxyl groups is 12. The van der Waals surface area contributed by atoms with Gasteiger partial charge < -0.3 is 118 Å². The Morgan fingerprint density at radius 1 is 0.364 bits per heavy atom. The number of benzene rings is 6. The van der Waals surface area contributed by atoms with E-state index in [1.165, 1.54) is 60.7 Å². The molecule has 0 spiro atoms. The fourth-order valence-electron chi connectivity index (χ4n) is 15.4. The third-order valence-electron chi connectivity index (χ3n) is 20.3. The van der Waals surface area contributed by atoms with Crippen LogP contribution in [0.15, 0.2) is 157 Å². The van der Waals surface area contributed by atoms with Gasteiger partial charge in [-0.3, -0.25) is 9.59 Å². The normalized spacial score (nSPS) is 24.6. The predicted octanol–water partition coefficient (Wildman–Crippen LogP) is 5.52. The summed E-state index contributed by atoms with van der Waals surface area (Å²) >= 11 is 0. The van der Waals surface area contributed by atoms with Crippen LogP contribution in [0.3, 0.4) is 0 Å². The van der Waals surface area contributed by atoms with Gasteiger partial charge in [-0.2, -0.15) is 0 Å². The Bertz CT molecular complexity index is 4440. The van der Waals surface area contributed by atoms with Crippen LogP contribution >= 0.6 is 0 Å². The summed E-state index contributed by atoms with van der Waals surface area (Å²) in [6, 6.07) is 21.3. The molecule has 4 unspecified atom stereocenters. The number of hydrogen-bond donors (Lipinski definition) is 12. The van der Waals surface area contributed by atoms with E-state index in [9.17, 15) is 90.0 Å². The number of phenolic OH excluding ortho intramolecular Hbond substituents is 12. The van der Waals surface area contributed by atoms with Crippen molar-refractivity contribution >= 4 is 47.8 Å². The number of rotatable bonds is 26. The Morgan fingerprint density at radius 3 is 0.882 bits per heavy atom. The number of carbonyl (C=O) groups excluding carboxylic acids is 8. The second-order valence-electron chi connectivity index (χ2n) is 26.5. The zero-order chi connectivity index (χ0) is 79.5. The Hall–Kier alpha value is -12.5. The molecule has 0 amide bonds. The summed E-state index contributed by atoms with van der Waals surface area (Å²) in [5.41, 5.74) is 0.705. The molecule has 16 atom stereocenters. The fraction of sp³-hybridized carbons (Fsp3) is 0.333. The average Bonchev–Trinajstić information content (AvgIpc) is 0.662. The first-order valence-corrected chi connectivity index (χ1v) is 33.9. The first kappa shape index (κ1) is 78.5.